The number of alkyl halides is 2. The molecule has 3 amide bonds. The van der Waals surface area contributed by atoms with Crippen LogP contribution in [0.5, 0.6) is 0 Å². The minimum Gasteiger partial charge on any atom is -0.369 e. The molecule has 1 aliphatic heterocycles. The van der Waals surface area contributed by atoms with Crippen molar-refractivity contribution in [1.29, 1.82) is 0 Å². The van der Waals surface area contributed by atoms with E-state index in [9.17, 15) is 14.4 Å². The van der Waals surface area contributed by atoms with Crippen molar-refractivity contribution in [1.82, 2.24) is 10.2 Å². The van der Waals surface area contributed by atoms with Crippen LogP contribution >= 0.6 is 23.2 Å². The molecule has 0 saturated carbocycles. The summed E-state index contributed by atoms with van der Waals surface area (Å²) in [6, 6.07) is 5.60. The van der Waals surface area contributed by atoms with E-state index in [0.717, 1.165) is 11.3 Å². The van der Waals surface area contributed by atoms with Crippen molar-refractivity contribution >= 4 is 46.6 Å². The van der Waals surface area contributed by atoms with Crippen molar-refractivity contribution in [3.63, 3.8) is 0 Å². The van der Waals surface area contributed by atoms with E-state index in [1.54, 1.807) is 13.8 Å². The van der Waals surface area contributed by atoms with E-state index in [-0.39, 0.29) is 17.7 Å². The van der Waals surface area contributed by atoms with Gasteiger partial charge < -0.3 is 26.6 Å². The first-order valence-corrected chi connectivity index (χ1v) is 12.4. The molecular formula is C23H35Cl2N5O3. The summed E-state index contributed by atoms with van der Waals surface area (Å²) >= 11 is 11.8. The molecule has 5 N–H and O–H groups in total. The molecule has 33 heavy (non-hydrogen) atoms. The molecule has 0 spiro atoms. The molecular weight excluding hydrogens is 465 g/mol. The first kappa shape index (κ1) is 27.2. The second-order valence-corrected chi connectivity index (χ2v) is 9.42. The van der Waals surface area contributed by atoms with Crippen LogP contribution in [-0.4, -0.2) is 72.1 Å². The van der Waals surface area contributed by atoms with Gasteiger partial charge in [-0.05, 0) is 42.9 Å². The van der Waals surface area contributed by atoms with Gasteiger partial charge in [0, 0.05) is 37.1 Å². The fourth-order valence-corrected chi connectivity index (χ4v) is 4.50. The smallest absolute Gasteiger partial charge is 0.243 e. The van der Waals surface area contributed by atoms with Gasteiger partial charge in [-0.25, -0.2) is 0 Å². The molecule has 1 aromatic carbocycles. The number of halogens is 2. The maximum Gasteiger partial charge on any atom is 0.243 e. The van der Waals surface area contributed by atoms with Gasteiger partial charge in [0.15, 0.2) is 0 Å². The van der Waals surface area contributed by atoms with Gasteiger partial charge in [-0.2, -0.15) is 0 Å². The lowest BCUT2D eigenvalue weighted by Gasteiger charge is -2.29. The number of amides is 3. The Labute approximate surface area is 205 Å². The van der Waals surface area contributed by atoms with E-state index in [2.05, 4.69) is 10.2 Å². The third-order valence-corrected chi connectivity index (χ3v) is 6.23. The number of primary amides is 1. The molecule has 0 unspecified atom stereocenters. The molecule has 184 valence electrons. The fraction of sp³-hybridized carbons (Fsp3) is 0.609. The van der Waals surface area contributed by atoms with Gasteiger partial charge in [0.05, 0.1) is 6.04 Å². The Hall–Kier alpha value is -2.03. The van der Waals surface area contributed by atoms with Crippen LogP contribution in [0.3, 0.4) is 0 Å². The Morgan fingerprint density at radius 1 is 1.15 bits per heavy atom. The molecule has 0 bridgehead atoms. The number of benzene rings is 1. The summed E-state index contributed by atoms with van der Waals surface area (Å²) in [5.41, 5.74) is 13.6. The molecule has 0 aromatic heterocycles. The van der Waals surface area contributed by atoms with Crippen molar-refractivity contribution < 1.29 is 14.4 Å². The van der Waals surface area contributed by atoms with Crippen LogP contribution in [0.1, 0.15) is 32.3 Å². The van der Waals surface area contributed by atoms with Crippen molar-refractivity contribution in [2.75, 3.05) is 36.3 Å². The fourth-order valence-electron chi connectivity index (χ4n) is 4.09. The third kappa shape index (κ3) is 7.48. The summed E-state index contributed by atoms with van der Waals surface area (Å²) in [4.78, 5) is 41.1. The number of nitrogens with two attached hydrogens (primary N) is 2. The maximum atomic E-state index is 13.1. The van der Waals surface area contributed by atoms with Crippen molar-refractivity contribution in [2.45, 2.75) is 51.2 Å². The van der Waals surface area contributed by atoms with Crippen LogP contribution in [0.15, 0.2) is 24.3 Å². The highest BCUT2D eigenvalue weighted by molar-refractivity contribution is 6.18. The number of rotatable bonds is 12. The van der Waals surface area contributed by atoms with E-state index in [1.807, 2.05) is 24.3 Å². The molecule has 1 heterocycles. The Morgan fingerprint density at radius 3 is 2.27 bits per heavy atom. The average Bonchev–Trinajstić information content (AvgIpc) is 3.26. The zero-order chi connectivity index (χ0) is 24.5. The molecule has 8 nitrogen and oxygen atoms in total. The third-order valence-electron chi connectivity index (χ3n) is 5.89. The molecule has 1 fully saturated rings. The lowest BCUT2D eigenvalue weighted by Crippen LogP contribution is -2.56. The van der Waals surface area contributed by atoms with Crippen molar-refractivity contribution in [2.24, 2.45) is 17.4 Å². The van der Waals surface area contributed by atoms with Crippen molar-refractivity contribution in [3.8, 4) is 0 Å². The molecule has 2 rings (SSSR count). The van der Waals surface area contributed by atoms with E-state index in [0.29, 0.717) is 50.7 Å². The molecule has 0 radical (unpaired) electrons. The van der Waals surface area contributed by atoms with Gasteiger partial charge in [0.2, 0.25) is 17.7 Å². The van der Waals surface area contributed by atoms with Gasteiger partial charge in [0.1, 0.15) is 12.1 Å². The Balaban J connectivity index is 2.01. The quantitative estimate of drug-likeness (QED) is 0.375. The summed E-state index contributed by atoms with van der Waals surface area (Å²) in [5.74, 6) is -0.381. The highest BCUT2D eigenvalue weighted by Gasteiger charge is 2.37. The van der Waals surface area contributed by atoms with Gasteiger partial charge in [-0.1, -0.05) is 26.0 Å². The Kier molecular flexibility index (Phi) is 10.7. The van der Waals surface area contributed by atoms with E-state index >= 15 is 0 Å². The lowest BCUT2D eigenvalue weighted by atomic mass is 10.0. The number of anilines is 1. The summed E-state index contributed by atoms with van der Waals surface area (Å²) in [6.45, 7) is 5.45. The van der Waals surface area contributed by atoms with Gasteiger partial charge >= 0.3 is 0 Å². The zero-order valence-electron chi connectivity index (χ0n) is 19.3. The van der Waals surface area contributed by atoms with Gasteiger partial charge in [-0.15, -0.1) is 23.2 Å². The maximum absolute atomic E-state index is 13.1. The van der Waals surface area contributed by atoms with Crippen LogP contribution < -0.4 is 21.7 Å². The van der Waals surface area contributed by atoms with Gasteiger partial charge in [-0.3, -0.25) is 14.4 Å². The predicted octanol–water partition coefficient (Wildman–Crippen LogP) is 1.46. The molecule has 1 aliphatic rings. The minimum atomic E-state index is -0.778. The highest BCUT2D eigenvalue weighted by Crippen LogP contribution is 2.21. The number of nitrogens with one attached hydrogen (secondary N) is 1. The van der Waals surface area contributed by atoms with Crippen molar-refractivity contribution in [3.05, 3.63) is 29.8 Å². The summed E-state index contributed by atoms with van der Waals surface area (Å²) in [6.07, 6.45) is 1.58. The summed E-state index contributed by atoms with van der Waals surface area (Å²) < 4.78 is 0. The van der Waals surface area contributed by atoms with Crippen LogP contribution in [0.2, 0.25) is 0 Å². The molecule has 3 atom stereocenters. The Bertz CT molecular complexity index is 800. The van der Waals surface area contributed by atoms with E-state index in [1.165, 1.54) is 4.90 Å². The summed E-state index contributed by atoms with van der Waals surface area (Å²) in [5, 5.41) is 2.70. The predicted molar refractivity (Wildman–Crippen MR) is 132 cm³/mol. The lowest BCUT2D eigenvalue weighted by molar-refractivity contribution is -0.140. The number of carbonyl (C=O) groups excluding carboxylic acids is 3. The number of hydrogen-bond donors (Lipinski definition) is 3. The second-order valence-electron chi connectivity index (χ2n) is 8.66. The first-order valence-electron chi connectivity index (χ1n) is 11.3. The molecule has 1 saturated heterocycles. The SMILES string of the molecule is CC(C)[C@H](NC(=O)[C@@H]1CCCN1C(=O)[C@@H](N)Cc1ccc(N(CCCl)CCCl)cc1)C(N)=O. The number of nitrogens with zero attached hydrogens (tertiary/aromatic N) is 2. The highest BCUT2D eigenvalue weighted by atomic mass is 35.5. The number of hydrogen-bond acceptors (Lipinski definition) is 5. The van der Waals surface area contributed by atoms with E-state index in [4.69, 9.17) is 34.7 Å². The monoisotopic (exact) mass is 499 g/mol. The molecule has 1 aromatic rings. The molecule has 0 aliphatic carbocycles. The van der Waals surface area contributed by atoms with Crippen LogP contribution in [-0.2, 0) is 20.8 Å². The van der Waals surface area contributed by atoms with Crippen LogP contribution in [0.25, 0.3) is 0 Å². The second kappa shape index (κ2) is 13.0. The minimum absolute atomic E-state index is 0.146. The van der Waals surface area contributed by atoms with Crippen LogP contribution in [0.4, 0.5) is 5.69 Å². The zero-order valence-corrected chi connectivity index (χ0v) is 20.8. The Morgan fingerprint density at radius 2 is 1.76 bits per heavy atom. The van der Waals surface area contributed by atoms with Crippen LogP contribution in [0, 0.1) is 5.92 Å². The number of likely N-dealkylation sites (tertiary alicyclic amines) is 1. The van der Waals surface area contributed by atoms with Gasteiger partial charge in [0.25, 0.3) is 0 Å². The standard InChI is InChI=1S/C23H35Cl2N5O3/c1-15(2)20(21(27)31)28-22(32)19-4-3-11-30(19)23(33)18(26)14-16-5-7-17(8-6-16)29(12-9-24)13-10-25/h5-8,15,18-20H,3-4,9-14,26H2,1-2H3,(H2,27,31)(H,28,32)/t18-,19-,20-/m0/s1. The normalized spacial score (nSPS) is 17.6. The summed E-state index contributed by atoms with van der Waals surface area (Å²) in [7, 11) is 0. The number of carbonyl (C=O) groups is 3. The largest absolute Gasteiger partial charge is 0.369 e. The average molecular weight is 500 g/mol. The first-order chi connectivity index (χ1) is 15.7. The topological polar surface area (TPSA) is 122 Å². The van der Waals surface area contributed by atoms with E-state index < -0.39 is 24.0 Å². The molecule has 10 heteroatoms.